The molecule has 0 saturated heterocycles. The Hall–Kier alpha value is -2.33. The van der Waals surface area contributed by atoms with Crippen LogP contribution in [0.4, 0.5) is 0 Å². The summed E-state index contributed by atoms with van der Waals surface area (Å²) in [6, 6.07) is 14.6. The quantitative estimate of drug-likeness (QED) is 0.681. The van der Waals surface area contributed by atoms with Gasteiger partial charge in [-0.3, -0.25) is 4.79 Å². The third kappa shape index (κ3) is 5.28. The normalized spacial score (nSPS) is 10.6. The number of aryl methyl sites for hydroxylation is 1. The van der Waals surface area contributed by atoms with E-state index in [0.717, 1.165) is 11.1 Å². The summed E-state index contributed by atoms with van der Waals surface area (Å²) in [6.07, 6.45) is 1.59. The summed E-state index contributed by atoms with van der Waals surface area (Å²) in [5, 5.41) is 4.50. The van der Waals surface area contributed by atoms with Crippen LogP contribution in [0.25, 0.3) is 0 Å². The second-order valence-electron chi connectivity index (χ2n) is 4.45. The minimum absolute atomic E-state index is 0.104. The number of carbonyl (C=O) groups excluding carboxylic acids is 1. The van der Waals surface area contributed by atoms with Crippen molar-refractivity contribution in [3.05, 3.63) is 64.7 Å². The lowest BCUT2D eigenvalue weighted by molar-refractivity contribution is -0.123. The standard InChI is InChI=1S/C16H15ClN2O2/c1-12-3-2-4-13(9-12)10-18-19-16(20)11-21-15-7-5-14(17)6-8-15/h2-10H,11H2,1H3,(H,19,20)/b18-10+. The molecule has 5 heteroatoms. The summed E-state index contributed by atoms with van der Waals surface area (Å²) >= 11 is 5.76. The molecule has 2 rings (SSSR count). The molecule has 0 aliphatic carbocycles. The highest BCUT2D eigenvalue weighted by molar-refractivity contribution is 6.30. The van der Waals surface area contributed by atoms with E-state index in [0.29, 0.717) is 10.8 Å². The second kappa shape index (κ2) is 7.45. The lowest BCUT2D eigenvalue weighted by Gasteiger charge is -2.04. The van der Waals surface area contributed by atoms with E-state index < -0.39 is 0 Å². The number of carbonyl (C=O) groups is 1. The van der Waals surface area contributed by atoms with Gasteiger partial charge in [-0.1, -0.05) is 41.4 Å². The highest BCUT2D eigenvalue weighted by atomic mass is 35.5. The van der Waals surface area contributed by atoms with Crippen molar-refractivity contribution in [2.24, 2.45) is 5.10 Å². The first-order valence-electron chi connectivity index (χ1n) is 6.40. The van der Waals surface area contributed by atoms with Crippen LogP contribution in [0.2, 0.25) is 5.02 Å². The summed E-state index contributed by atoms with van der Waals surface area (Å²) in [4.78, 5) is 11.6. The van der Waals surface area contributed by atoms with Gasteiger partial charge in [-0.15, -0.1) is 0 Å². The Morgan fingerprint density at radius 3 is 2.76 bits per heavy atom. The third-order valence-corrected chi connectivity index (χ3v) is 2.88. The molecule has 0 radical (unpaired) electrons. The molecule has 0 spiro atoms. The maximum Gasteiger partial charge on any atom is 0.277 e. The third-order valence-electron chi connectivity index (χ3n) is 2.63. The number of halogens is 1. The van der Waals surface area contributed by atoms with Crippen molar-refractivity contribution in [1.29, 1.82) is 0 Å². The highest BCUT2D eigenvalue weighted by Crippen LogP contribution is 2.15. The molecule has 1 amide bonds. The monoisotopic (exact) mass is 302 g/mol. The minimum Gasteiger partial charge on any atom is -0.484 e. The van der Waals surface area contributed by atoms with E-state index in [4.69, 9.17) is 16.3 Å². The van der Waals surface area contributed by atoms with Crippen LogP contribution in [0.1, 0.15) is 11.1 Å². The number of hydrogen-bond donors (Lipinski definition) is 1. The van der Waals surface area contributed by atoms with Crippen molar-refractivity contribution in [2.45, 2.75) is 6.92 Å². The Balaban J connectivity index is 1.78. The number of amides is 1. The lowest BCUT2D eigenvalue weighted by atomic mass is 10.2. The van der Waals surface area contributed by atoms with Crippen LogP contribution in [-0.2, 0) is 4.79 Å². The van der Waals surface area contributed by atoms with Crippen LogP contribution in [0.5, 0.6) is 5.75 Å². The molecule has 108 valence electrons. The fraction of sp³-hybridized carbons (Fsp3) is 0.125. The van der Waals surface area contributed by atoms with Gasteiger partial charge in [-0.2, -0.15) is 5.10 Å². The molecule has 0 saturated carbocycles. The SMILES string of the molecule is Cc1cccc(/C=N/NC(=O)COc2ccc(Cl)cc2)c1. The Bertz CT molecular complexity index is 639. The maximum absolute atomic E-state index is 11.6. The van der Waals surface area contributed by atoms with Gasteiger partial charge in [0.25, 0.3) is 5.91 Å². The van der Waals surface area contributed by atoms with E-state index in [1.807, 2.05) is 31.2 Å². The molecule has 2 aromatic carbocycles. The van der Waals surface area contributed by atoms with E-state index in [1.54, 1.807) is 30.5 Å². The molecular formula is C16H15ClN2O2. The molecule has 21 heavy (non-hydrogen) atoms. The first kappa shape index (κ1) is 15.1. The Labute approximate surface area is 128 Å². The van der Waals surface area contributed by atoms with Gasteiger partial charge in [-0.05, 0) is 36.8 Å². The van der Waals surface area contributed by atoms with E-state index >= 15 is 0 Å². The van der Waals surface area contributed by atoms with Gasteiger partial charge < -0.3 is 4.74 Å². The van der Waals surface area contributed by atoms with Gasteiger partial charge in [0.2, 0.25) is 0 Å². The number of benzene rings is 2. The summed E-state index contributed by atoms with van der Waals surface area (Å²) in [6.45, 7) is 1.89. The number of ether oxygens (including phenoxy) is 1. The predicted molar refractivity (Wildman–Crippen MR) is 83.9 cm³/mol. The molecule has 0 bridgehead atoms. The van der Waals surface area contributed by atoms with Crippen molar-refractivity contribution in [3.63, 3.8) is 0 Å². The van der Waals surface area contributed by atoms with Crippen molar-refractivity contribution in [3.8, 4) is 5.75 Å². The zero-order valence-corrected chi connectivity index (χ0v) is 12.3. The molecule has 0 fully saturated rings. The largest absolute Gasteiger partial charge is 0.484 e. The number of hydrogen-bond acceptors (Lipinski definition) is 3. The van der Waals surface area contributed by atoms with Crippen LogP contribution in [-0.4, -0.2) is 18.7 Å². The molecule has 4 nitrogen and oxygen atoms in total. The average molecular weight is 303 g/mol. The van der Waals surface area contributed by atoms with Crippen molar-refractivity contribution in [2.75, 3.05) is 6.61 Å². The van der Waals surface area contributed by atoms with Crippen LogP contribution in [0.3, 0.4) is 0 Å². The molecular weight excluding hydrogens is 288 g/mol. The summed E-state index contributed by atoms with van der Waals surface area (Å²) in [7, 11) is 0. The van der Waals surface area contributed by atoms with E-state index in [-0.39, 0.29) is 12.5 Å². The Kier molecular flexibility index (Phi) is 5.35. The average Bonchev–Trinajstić information content (AvgIpc) is 2.47. The van der Waals surface area contributed by atoms with Gasteiger partial charge in [-0.25, -0.2) is 5.43 Å². The Morgan fingerprint density at radius 2 is 2.05 bits per heavy atom. The van der Waals surface area contributed by atoms with Gasteiger partial charge >= 0.3 is 0 Å². The lowest BCUT2D eigenvalue weighted by Crippen LogP contribution is -2.24. The van der Waals surface area contributed by atoms with Crippen LogP contribution in [0.15, 0.2) is 53.6 Å². The number of hydrazone groups is 1. The van der Waals surface area contributed by atoms with Crippen molar-refractivity contribution < 1.29 is 9.53 Å². The van der Waals surface area contributed by atoms with Crippen LogP contribution < -0.4 is 10.2 Å². The van der Waals surface area contributed by atoms with Gasteiger partial charge in [0.05, 0.1) is 6.21 Å². The van der Waals surface area contributed by atoms with Crippen LogP contribution >= 0.6 is 11.6 Å². The summed E-state index contributed by atoms with van der Waals surface area (Å²) in [5.41, 5.74) is 4.47. The zero-order valence-electron chi connectivity index (χ0n) is 11.5. The number of nitrogens with one attached hydrogen (secondary N) is 1. The molecule has 1 N–H and O–H groups in total. The molecule has 0 aliphatic rings. The molecule has 0 aliphatic heterocycles. The Morgan fingerprint density at radius 1 is 1.29 bits per heavy atom. The summed E-state index contributed by atoms with van der Waals surface area (Å²) < 4.78 is 5.30. The van der Waals surface area contributed by atoms with Gasteiger partial charge in [0.15, 0.2) is 6.61 Å². The van der Waals surface area contributed by atoms with Crippen LogP contribution in [0, 0.1) is 6.92 Å². The minimum atomic E-state index is -0.325. The van der Waals surface area contributed by atoms with Crippen molar-refractivity contribution >= 4 is 23.7 Å². The molecule has 0 atom stereocenters. The predicted octanol–water partition coefficient (Wildman–Crippen LogP) is 3.18. The molecule has 0 unspecified atom stereocenters. The second-order valence-corrected chi connectivity index (χ2v) is 4.89. The fourth-order valence-electron chi connectivity index (χ4n) is 1.64. The highest BCUT2D eigenvalue weighted by Gasteiger charge is 2.01. The first-order chi connectivity index (χ1) is 10.1. The first-order valence-corrected chi connectivity index (χ1v) is 6.78. The van der Waals surface area contributed by atoms with E-state index in [1.165, 1.54) is 0 Å². The fourth-order valence-corrected chi connectivity index (χ4v) is 1.77. The molecule has 2 aromatic rings. The maximum atomic E-state index is 11.6. The van der Waals surface area contributed by atoms with E-state index in [9.17, 15) is 4.79 Å². The van der Waals surface area contributed by atoms with Gasteiger partial charge in [0.1, 0.15) is 5.75 Å². The smallest absolute Gasteiger partial charge is 0.277 e. The van der Waals surface area contributed by atoms with Gasteiger partial charge in [0, 0.05) is 5.02 Å². The topological polar surface area (TPSA) is 50.7 Å². The molecule has 0 heterocycles. The summed E-state index contributed by atoms with van der Waals surface area (Å²) in [5.74, 6) is 0.256. The number of nitrogens with zero attached hydrogens (tertiary/aromatic N) is 1. The zero-order chi connectivity index (χ0) is 15.1. The van der Waals surface area contributed by atoms with Crippen molar-refractivity contribution in [1.82, 2.24) is 5.43 Å². The molecule has 0 aromatic heterocycles. The number of rotatable bonds is 5. The van der Waals surface area contributed by atoms with E-state index in [2.05, 4.69) is 10.5 Å².